The fourth-order valence-electron chi connectivity index (χ4n) is 1.38. The van der Waals surface area contributed by atoms with Crippen LogP contribution in [0.1, 0.15) is 15.9 Å². The van der Waals surface area contributed by atoms with Crippen LogP contribution in [0.4, 0.5) is 14.5 Å². The van der Waals surface area contributed by atoms with Gasteiger partial charge in [0, 0.05) is 0 Å². The summed E-state index contributed by atoms with van der Waals surface area (Å²) in [6.45, 7) is 1.70. The lowest BCUT2D eigenvalue weighted by molar-refractivity contribution is -0.380. The standard InChI is InChI=1S/C11H8FN3O3S/c1-6-2-3-7(8(12)4-6)10(16)14-11-13-5-9(19-11)15(17)18/h2-5H,1H3,(H,13,14,16). The molecule has 0 atom stereocenters. The number of thiazole rings is 1. The molecule has 0 aliphatic carbocycles. The number of carbonyl (C=O) groups excluding carboxylic acids is 1. The van der Waals surface area contributed by atoms with Gasteiger partial charge in [0.1, 0.15) is 12.0 Å². The number of anilines is 1. The second kappa shape index (κ2) is 5.11. The van der Waals surface area contributed by atoms with Crippen LogP contribution in [0.2, 0.25) is 0 Å². The number of hydrogen-bond donors (Lipinski definition) is 1. The third-order valence-corrected chi connectivity index (χ3v) is 3.13. The number of carbonyl (C=O) groups is 1. The summed E-state index contributed by atoms with van der Waals surface area (Å²) in [7, 11) is 0. The van der Waals surface area contributed by atoms with Crippen molar-refractivity contribution in [2.24, 2.45) is 0 Å². The zero-order valence-electron chi connectivity index (χ0n) is 9.71. The summed E-state index contributed by atoms with van der Waals surface area (Å²) in [5.74, 6) is -1.34. The van der Waals surface area contributed by atoms with E-state index >= 15 is 0 Å². The molecule has 1 aromatic carbocycles. The Bertz CT molecular complexity index is 656. The first kappa shape index (κ1) is 13.1. The van der Waals surface area contributed by atoms with Gasteiger partial charge in [-0.1, -0.05) is 6.07 Å². The second-order valence-electron chi connectivity index (χ2n) is 3.70. The number of rotatable bonds is 3. The summed E-state index contributed by atoms with van der Waals surface area (Å²) in [5.41, 5.74) is 0.558. The lowest BCUT2D eigenvalue weighted by atomic mass is 10.1. The number of nitrogens with zero attached hydrogens (tertiary/aromatic N) is 2. The first-order valence-corrected chi connectivity index (χ1v) is 5.97. The van der Waals surface area contributed by atoms with Crippen LogP contribution in [-0.4, -0.2) is 15.8 Å². The summed E-state index contributed by atoms with van der Waals surface area (Å²) in [4.78, 5) is 25.3. The van der Waals surface area contributed by atoms with Crippen LogP contribution in [0.25, 0.3) is 0 Å². The number of aryl methyl sites for hydroxylation is 1. The van der Waals surface area contributed by atoms with Gasteiger partial charge in [0.15, 0.2) is 5.13 Å². The van der Waals surface area contributed by atoms with Gasteiger partial charge in [-0.15, -0.1) is 0 Å². The minimum absolute atomic E-state index is 0.0525. The molecule has 0 saturated carbocycles. The number of halogens is 1. The van der Waals surface area contributed by atoms with Gasteiger partial charge in [0.25, 0.3) is 5.91 Å². The number of nitrogens with one attached hydrogen (secondary N) is 1. The maximum atomic E-state index is 13.6. The predicted octanol–water partition coefficient (Wildman–Crippen LogP) is 2.75. The van der Waals surface area contributed by atoms with Crippen molar-refractivity contribution in [2.45, 2.75) is 6.92 Å². The molecule has 0 radical (unpaired) electrons. The van der Waals surface area contributed by atoms with Crippen LogP contribution in [-0.2, 0) is 0 Å². The lowest BCUT2D eigenvalue weighted by Crippen LogP contribution is -2.13. The van der Waals surface area contributed by atoms with E-state index in [4.69, 9.17) is 0 Å². The van der Waals surface area contributed by atoms with E-state index in [-0.39, 0.29) is 15.7 Å². The van der Waals surface area contributed by atoms with E-state index in [1.807, 2.05) is 0 Å². The van der Waals surface area contributed by atoms with Gasteiger partial charge in [0.2, 0.25) is 0 Å². The lowest BCUT2D eigenvalue weighted by Gasteiger charge is -2.03. The molecule has 0 saturated heterocycles. The number of nitro groups is 1. The quantitative estimate of drug-likeness (QED) is 0.692. The molecule has 2 rings (SSSR count). The van der Waals surface area contributed by atoms with Gasteiger partial charge in [-0.05, 0) is 36.0 Å². The Labute approximate surface area is 111 Å². The molecule has 2 aromatic rings. The van der Waals surface area contributed by atoms with E-state index in [0.717, 1.165) is 6.20 Å². The minimum Gasteiger partial charge on any atom is -0.298 e. The van der Waals surface area contributed by atoms with Crippen LogP contribution >= 0.6 is 11.3 Å². The van der Waals surface area contributed by atoms with Crippen LogP contribution < -0.4 is 5.32 Å². The van der Waals surface area contributed by atoms with Crippen molar-refractivity contribution in [3.05, 3.63) is 51.5 Å². The molecule has 1 amide bonds. The molecule has 0 unspecified atom stereocenters. The summed E-state index contributed by atoms with van der Waals surface area (Å²) >= 11 is 0.708. The molecule has 98 valence electrons. The van der Waals surface area contributed by atoms with E-state index in [0.29, 0.717) is 16.9 Å². The van der Waals surface area contributed by atoms with Gasteiger partial charge in [-0.2, -0.15) is 0 Å². The first-order chi connectivity index (χ1) is 8.97. The number of hydrogen-bond acceptors (Lipinski definition) is 5. The Morgan fingerprint density at radius 1 is 1.53 bits per heavy atom. The third kappa shape index (κ3) is 2.91. The van der Waals surface area contributed by atoms with Crippen molar-refractivity contribution in [3.63, 3.8) is 0 Å². The highest BCUT2D eigenvalue weighted by molar-refractivity contribution is 7.18. The predicted molar refractivity (Wildman–Crippen MR) is 67.9 cm³/mol. The SMILES string of the molecule is Cc1ccc(C(=O)Nc2ncc([N+](=O)[O-])s2)c(F)c1. The van der Waals surface area contributed by atoms with Crippen LogP contribution in [0.5, 0.6) is 0 Å². The van der Waals surface area contributed by atoms with E-state index < -0.39 is 16.6 Å². The van der Waals surface area contributed by atoms with Crippen LogP contribution in [0, 0.1) is 22.9 Å². The molecule has 0 aliphatic rings. The summed E-state index contributed by atoms with van der Waals surface area (Å²) in [6.07, 6.45) is 1.03. The van der Waals surface area contributed by atoms with E-state index in [1.54, 1.807) is 13.0 Å². The Balaban J connectivity index is 2.18. The van der Waals surface area contributed by atoms with Crippen LogP contribution in [0.3, 0.4) is 0 Å². The smallest absolute Gasteiger partial charge is 0.298 e. The van der Waals surface area contributed by atoms with Crippen molar-refractivity contribution in [3.8, 4) is 0 Å². The number of amides is 1. The minimum atomic E-state index is -0.693. The third-order valence-electron chi connectivity index (χ3n) is 2.26. The van der Waals surface area contributed by atoms with Gasteiger partial charge in [-0.3, -0.25) is 20.2 Å². The number of aromatic nitrogens is 1. The normalized spacial score (nSPS) is 10.2. The molecule has 1 N–H and O–H groups in total. The van der Waals surface area contributed by atoms with Crippen LogP contribution in [0.15, 0.2) is 24.4 Å². The topological polar surface area (TPSA) is 85.1 Å². The summed E-state index contributed by atoms with van der Waals surface area (Å²) < 4.78 is 13.6. The van der Waals surface area contributed by atoms with Gasteiger partial charge in [0.05, 0.1) is 10.5 Å². The monoisotopic (exact) mass is 281 g/mol. The van der Waals surface area contributed by atoms with Gasteiger partial charge < -0.3 is 0 Å². The Morgan fingerprint density at radius 2 is 2.26 bits per heavy atom. The molecular weight excluding hydrogens is 273 g/mol. The van der Waals surface area contributed by atoms with E-state index in [1.165, 1.54) is 12.1 Å². The second-order valence-corrected chi connectivity index (χ2v) is 4.71. The molecule has 1 heterocycles. The Hall–Kier alpha value is -2.35. The largest absolute Gasteiger partial charge is 0.345 e. The maximum absolute atomic E-state index is 13.6. The molecule has 0 spiro atoms. The summed E-state index contributed by atoms with van der Waals surface area (Å²) in [6, 6.07) is 4.18. The van der Waals surface area contributed by atoms with Gasteiger partial charge >= 0.3 is 5.00 Å². The molecule has 8 heteroatoms. The summed E-state index contributed by atoms with van der Waals surface area (Å²) in [5, 5.41) is 12.6. The van der Waals surface area contributed by atoms with Crippen molar-refractivity contribution in [2.75, 3.05) is 5.32 Å². The van der Waals surface area contributed by atoms with Gasteiger partial charge in [-0.25, -0.2) is 9.37 Å². The fraction of sp³-hybridized carbons (Fsp3) is 0.0909. The number of benzene rings is 1. The molecule has 0 fully saturated rings. The molecule has 0 bridgehead atoms. The van der Waals surface area contributed by atoms with Crippen molar-refractivity contribution >= 4 is 27.4 Å². The molecule has 19 heavy (non-hydrogen) atoms. The van der Waals surface area contributed by atoms with Crippen molar-refractivity contribution < 1.29 is 14.1 Å². The van der Waals surface area contributed by atoms with Crippen molar-refractivity contribution in [1.82, 2.24) is 4.98 Å². The zero-order chi connectivity index (χ0) is 14.0. The molecular formula is C11H8FN3O3S. The van der Waals surface area contributed by atoms with E-state index in [2.05, 4.69) is 10.3 Å². The molecule has 1 aromatic heterocycles. The Kier molecular flexibility index (Phi) is 3.52. The van der Waals surface area contributed by atoms with E-state index in [9.17, 15) is 19.3 Å². The highest BCUT2D eigenvalue weighted by Gasteiger charge is 2.16. The molecule has 0 aliphatic heterocycles. The zero-order valence-corrected chi connectivity index (χ0v) is 10.5. The average molecular weight is 281 g/mol. The maximum Gasteiger partial charge on any atom is 0.345 e. The molecule has 6 nitrogen and oxygen atoms in total. The first-order valence-electron chi connectivity index (χ1n) is 5.15. The van der Waals surface area contributed by atoms with Crippen molar-refractivity contribution in [1.29, 1.82) is 0 Å². The highest BCUT2D eigenvalue weighted by atomic mass is 32.1. The fourth-order valence-corrected chi connectivity index (χ4v) is 2.00. The average Bonchev–Trinajstić information content (AvgIpc) is 2.77. The highest BCUT2D eigenvalue weighted by Crippen LogP contribution is 2.25. The Morgan fingerprint density at radius 3 is 2.84 bits per heavy atom.